The maximum atomic E-state index is 13.4. The molecule has 168 valence electrons. The molecule has 1 amide bonds. The quantitative estimate of drug-likeness (QED) is 0.493. The van der Waals surface area contributed by atoms with E-state index in [1.807, 2.05) is 37.3 Å². The van der Waals surface area contributed by atoms with Crippen LogP contribution in [0.15, 0.2) is 70.3 Å². The molecule has 0 fully saturated rings. The molecule has 2 aromatic heterocycles. The number of pyridine rings is 1. The highest BCUT2D eigenvalue weighted by atomic mass is 16.5. The van der Waals surface area contributed by atoms with Crippen molar-refractivity contribution in [1.29, 1.82) is 0 Å². The van der Waals surface area contributed by atoms with Gasteiger partial charge in [-0.2, -0.15) is 0 Å². The second-order valence-electron chi connectivity index (χ2n) is 7.75. The highest BCUT2D eigenvalue weighted by Gasteiger charge is 2.19. The molecule has 4 rings (SSSR count). The summed E-state index contributed by atoms with van der Waals surface area (Å²) in [5.74, 6) is 0.227. The first-order valence-electron chi connectivity index (χ1n) is 10.5. The topological polar surface area (TPSA) is 95.2 Å². The summed E-state index contributed by atoms with van der Waals surface area (Å²) in [7, 11) is 1.57. The number of hydrogen-bond acceptors (Lipinski definition) is 5. The van der Waals surface area contributed by atoms with E-state index in [9.17, 15) is 14.4 Å². The number of rotatable bonds is 6. The van der Waals surface area contributed by atoms with Gasteiger partial charge in [0, 0.05) is 12.2 Å². The molecule has 0 spiro atoms. The van der Waals surface area contributed by atoms with Crippen molar-refractivity contribution < 1.29 is 9.53 Å². The zero-order valence-corrected chi connectivity index (χ0v) is 18.7. The van der Waals surface area contributed by atoms with Crippen molar-refractivity contribution >= 4 is 16.9 Å². The molecule has 8 heteroatoms. The molecular weight excluding hydrogens is 420 g/mol. The number of ether oxygens (including phenoxy) is 1. The van der Waals surface area contributed by atoms with E-state index in [4.69, 9.17) is 4.74 Å². The van der Waals surface area contributed by atoms with Gasteiger partial charge in [-0.1, -0.05) is 30.3 Å². The lowest BCUT2D eigenvalue weighted by atomic mass is 10.1. The number of amides is 1. The van der Waals surface area contributed by atoms with Gasteiger partial charge in [0.1, 0.15) is 12.3 Å². The molecule has 0 atom stereocenters. The highest BCUT2D eigenvalue weighted by molar-refractivity contribution is 5.81. The number of aromatic nitrogens is 3. The van der Waals surface area contributed by atoms with Gasteiger partial charge in [-0.25, -0.2) is 18.9 Å². The van der Waals surface area contributed by atoms with E-state index in [1.54, 1.807) is 44.4 Å². The summed E-state index contributed by atoms with van der Waals surface area (Å²) in [5, 5.41) is 3.08. The minimum absolute atomic E-state index is 0.241. The summed E-state index contributed by atoms with van der Waals surface area (Å²) in [5.41, 5.74) is 1.91. The van der Waals surface area contributed by atoms with Gasteiger partial charge in [0.05, 0.1) is 18.2 Å². The fourth-order valence-corrected chi connectivity index (χ4v) is 3.81. The Morgan fingerprint density at radius 1 is 1.03 bits per heavy atom. The Morgan fingerprint density at radius 2 is 1.79 bits per heavy atom. The number of carbonyl (C=O) groups excluding carboxylic acids is 1. The van der Waals surface area contributed by atoms with Crippen molar-refractivity contribution in [3.05, 3.63) is 98.3 Å². The van der Waals surface area contributed by atoms with Crippen LogP contribution in [0.3, 0.4) is 0 Å². The number of para-hydroxylation sites is 1. The zero-order valence-electron chi connectivity index (χ0n) is 18.7. The number of aryl methyl sites for hydroxylation is 2. The number of nitrogens with one attached hydrogen (secondary N) is 1. The minimum Gasteiger partial charge on any atom is -0.497 e. The number of nitrogens with zero attached hydrogens (tertiary/aromatic N) is 3. The molecule has 0 aliphatic carbocycles. The number of benzene rings is 2. The van der Waals surface area contributed by atoms with E-state index in [1.165, 1.54) is 4.57 Å². The lowest BCUT2D eigenvalue weighted by Gasteiger charge is -2.15. The van der Waals surface area contributed by atoms with Crippen LogP contribution >= 0.6 is 0 Å². The molecule has 0 aliphatic heterocycles. The monoisotopic (exact) mass is 444 g/mol. The summed E-state index contributed by atoms with van der Waals surface area (Å²) in [4.78, 5) is 43.9. The second kappa shape index (κ2) is 9.12. The van der Waals surface area contributed by atoms with Crippen molar-refractivity contribution in [2.24, 2.45) is 0 Å². The van der Waals surface area contributed by atoms with E-state index >= 15 is 0 Å². The van der Waals surface area contributed by atoms with Crippen LogP contribution in [-0.2, 0) is 17.9 Å². The predicted octanol–water partition coefficient (Wildman–Crippen LogP) is 2.49. The maximum Gasteiger partial charge on any atom is 0.337 e. The van der Waals surface area contributed by atoms with E-state index < -0.39 is 23.7 Å². The zero-order chi connectivity index (χ0) is 23.5. The highest BCUT2D eigenvalue weighted by Crippen LogP contribution is 2.16. The van der Waals surface area contributed by atoms with Gasteiger partial charge in [0.2, 0.25) is 5.91 Å². The Balaban J connectivity index is 1.75. The van der Waals surface area contributed by atoms with E-state index in [0.717, 1.165) is 10.1 Å². The molecule has 0 saturated carbocycles. The van der Waals surface area contributed by atoms with Gasteiger partial charge in [0.15, 0.2) is 5.65 Å². The summed E-state index contributed by atoms with van der Waals surface area (Å²) in [6.45, 7) is 3.44. The van der Waals surface area contributed by atoms with Crippen molar-refractivity contribution in [3.63, 3.8) is 0 Å². The fraction of sp³-hybridized carbons (Fsp3) is 0.200. The molecule has 0 saturated heterocycles. The SMILES string of the molecule is COc1cccc(CNC(=O)Cn2c(=O)c3c(C)cc(C)nc3n(-c3ccccc3)c2=O)c1. The van der Waals surface area contributed by atoms with Crippen molar-refractivity contribution in [1.82, 2.24) is 19.4 Å². The summed E-state index contributed by atoms with van der Waals surface area (Å²) in [6, 6.07) is 18.0. The smallest absolute Gasteiger partial charge is 0.337 e. The third-order valence-electron chi connectivity index (χ3n) is 5.36. The number of fused-ring (bicyclic) bond motifs is 1. The van der Waals surface area contributed by atoms with Gasteiger partial charge < -0.3 is 10.1 Å². The first kappa shape index (κ1) is 22.0. The average Bonchev–Trinajstić information content (AvgIpc) is 2.81. The molecule has 0 aliphatic rings. The standard InChI is InChI=1S/C25H24N4O4/c1-16-12-17(2)27-23-22(16)24(31)28(25(32)29(23)19-9-5-4-6-10-19)15-21(30)26-14-18-8-7-11-20(13-18)33-3/h4-13H,14-15H2,1-3H3,(H,26,30). The van der Waals surface area contributed by atoms with Gasteiger partial charge in [-0.3, -0.25) is 9.59 Å². The van der Waals surface area contributed by atoms with Crippen LogP contribution in [0.2, 0.25) is 0 Å². The average molecular weight is 444 g/mol. The van der Waals surface area contributed by atoms with Crippen molar-refractivity contribution in [2.75, 3.05) is 7.11 Å². The molecule has 2 heterocycles. The molecule has 0 unspecified atom stereocenters. The Labute approximate surface area is 190 Å². The molecule has 0 bridgehead atoms. The van der Waals surface area contributed by atoms with Gasteiger partial charge in [0.25, 0.3) is 5.56 Å². The molecule has 4 aromatic rings. The van der Waals surface area contributed by atoms with Crippen molar-refractivity contribution in [2.45, 2.75) is 26.9 Å². The van der Waals surface area contributed by atoms with Crippen molar-refractivity contribution in [3.8, 4) is 11.4 Å². The Morgan fingerprint density at radius 3 is 2.52 bits per heavy atom. The Bertz CT molecular complexity index is 1460. The van der Waals surface area contributed by atoms with Crippen LogP contribution in [0.4, 0.5) is 0 Å². The normalized spacial score (nSPS) is 10.9. The predicted molar refractivity (Wildman–Crippen MR) is 126 cm³/mol. The van der Waals surface area contributed by atoms with Crippen LogP contribution in [-0.4, -0.2) is 27.1 Å². The van der Waals surface area contributed by atoms with Crippen LogP contribution in [0.25, 0.3) is 16.7 Å². The summed E-state index contributed by atoms with van der Waals surface area (Å²) >= 11 is 0. The molecule has 33 heavy (non-hydrogen) atoms. The molecule has 8 nitrogen and oxygen atoms in total. The number of methoxy groups -OCH3 is 1. The van der Waals surface area contributed by atoms with E-state index in [-0.39, 0.29) is 12.2 Å². The van der Waals surface area contributed by atoms with Crippen LogP contribution in [0.5, 0.6) is 5.75 Å². The fourth-order valence-electron chi connectivity index (χ4n) is 3.81. The first-order valence-corrected chi connectivity index (χ1v) is 10.5. The maximum absolute atomic E-state index is 13.4. The third-order valence-corrected chi connectivity index (χ3v) is 5.36. The first-order chi connectivity index (χ1) is 15.9. The van der Waals surface area contributed by atoms with Gasteiger partial charge in [-0.15, -0.1) is 0 Å². The Kier molecular flexibility index (Phi) is 6.08. The van der Waals surface area contributed by atoms with Crippen LogP contribution in [0, 0.1) is 13.8 Å². The molecular formula is C25H24N4O4. The van der Waals surface area contributed by atoms with E-state index in [0.29, 0.717) is 28.1 Å². The number of hydrogen-bond donors (Lipinski definition) is 1. The van der Waals surface area contributed by atoms with Gasteiger partial charge >= 0.3 is 5.69 Å². The van der Waals surface area contributed by atoms with Crippen LogP contribution < -0.4 is 21.3 Å². The minimum atomic E-state index is -0.618. The lowest BCUT2D eigenvalue weighted by Crippen LogP contribution is -2.43. The second-order valence-corrected chi connectivity index (χ2v) is 7.75. The molecule has 0 radical (unpaired) electrons. The summed E-state index contributed by atoms with van der Waals surface area (Å²) in [6.07, 6.45) is 0. The number of carbonyl (C=O) groups is 1. The van der Waals surface area contributed by atoms with Gasteiger partial charge in [-0.05, 0) is 55.3 Å². The molecule has 1 N–H and O–H groups in total. The largest absolute Gasteiger partial charge is 0.497 e. The van der Waals surface area contributed by atoms with Crippen LogP contribution in [0.1, 0.15) is 16.8 Å². The third kappa shape index (κ3) is 4.41. The summed E-state index contributed by atoms with van der Waals surface area (Å²) < 4.78 is 7.54. The van der Waals surface area contributed by atoms with E-state index in [2.05, 4.69) is 10.3 Å². The Hall–Kier alpha value is -4.20. The molecule has 2 aromatic carbocycles. The lowest BCUT2D eigenvalue weighted by molar-refractivity contribution is -0.121.